The number of carbonyl (C=O) groups is 2. The largest absolute Gasteiger partial charge is 0.440 e. The van der Waals surface area contributed by atoms with E-state index in [2.05, 4.69) is 4.98 Å². The van der Waals surface area contributed by atoms with Crippen molar-refractivity contribution in [2.24, 2.45) is 5.73 Å². The number of likely N-dealkylation sites (tertiary alicyclic amines) is 1. The van der Waals surface area contributed by atoms with Crippen molar-refractivity contribution in [1.82, 2.24) is 9.88 Å². The monoisotopic (exact) mass is 349 g/mol. The van der Waals surface area contributed by atoms with Gasteiger partial charge in [-0.2, -0.15) is 0 Å². The molecule has 0 radical (unpaired) electrons. The van der Waals surface area contributed by atoms with Crippen LogP contribution in [0.25, 0.3) is 11.1 Å². The van der Waals surface area contributed by atoms with Gasteiger partial charge in [-0.05, 0) is 43.2 Å². The Balaban J connectivity index is 1.55. The quantitative estimate of drug-likeness (QED) is 0.787. The van der Waals surface area contributed by atoms with Crippen LogP contribution in [0.5, 0.6) is 0 Å². The molecule has 6 heteroatoms. The molecule has 0 spiro atoms. The van der Waals surface area contributed by atoms with E-state index in [-0.39, 0.29) is 11.8 Å². The Bertz CT molecular complexity index is 946. The highest BCUT2D eigenvalue weighted by atomic mass is 16.3. The highest BCUT2D eigenvalue weighted by Crippen LogP contribution is 2.29. The summed E-state index contributed by atoms with van der Waals surface area (Å²) >= 11 is 0. The molecule has 26 heavy (non-hydrogen) atoms. The topological polar surface area (TPSA) is 89.4 Å². The summed E-state index contributed by atoms with van der Waals surface area (Å²) in [6, 6.07) is 14.2. The summed E-state index contributed by atoms with van der Waals surface area (Å²) in [4.78, 5) is 30.6. The van der Waals surface area contributed by atoms with Crippen LogP contribution in [0.1, 0.15) is 45.4 Å². The van der Waals surface area contributed by atoms with Gasteiger partial charge in [0.1, 0.15) is 5.52 Å². The number of carbonyl (C=O) groups excluding carboxylic acids is 2. The molecule has 2 aromatic carbocycles. The second-order valence-corrected chi connectivity index (χ2v) is 6.56. The summed E-state index contributed by atoms with van der Waals surface area (Å²) < 4.78 is 5.88. The Morgan fingerprint density at radius 2 is 1.92 bits per heavy atom. The summed E-state index contributed by atoms with van der Waals surface area (Å²) in [5, 5.41) is 0. The van der Waals surface area contributed by atoms with Crippen LogP contribution in [0.3, 0.4) is 0 Å². The Hall–Kier alpha value is -3.15. The van der Waals surface area contributed by atoms with Crippen LogP contribution < -0.4 is 5.73 Å². The second kappa shape index (κ2) is 6.63. The van der Waals surface area contributed by atoms with Crippen molar-refractivity contribution in [3.63, 3.8) is 0 Å². The van der Waals surface area contributed by atoms with Crippen molar-refractivity contribution in [3.05, 3.63) is 65.5 Å². The molecule has 2 heterocycles. The molecule has 3 aromatic rings. The molecule has 0 saturated carbocycles. The van der Waals surface area contributed by atoms with Gasteiger partial charge in [0.05, 0.1) is 5.92 Å². The number of para-hydroxylation sites is 2. The molecule has 2 N–H and O–H groups in total. The summed E-state index contributed by atoms with van der Waals surface area (Å²) in [5.74, 6) is 0.102. The Labute approximate surface area is 150 Å². The van der Waals surface area contributed by atoms with Crippen molar-refractivity contribution in [3.8, 4) is 0 Å². The number of nitrogens with two attached hydrogens (primary N) is 1. The Kier molecular flexibility index (Phi) is 4.16. The number of piperidine rings is 1. The van der Waals surface area contributed by atoms with Gasteiger partial charge in [-0.15, -0.1) is 0 Å². The fraction of sp³-hybridized carbons (Fsp3) is 0.250. The SMILES string of the molecule is NC(=O)c1cccc(C(=O)N2CCCC(c3nc4ccccc4o3)C2)c1. The molecule has 0 bridgehead atoms. The highest BCUT2D eigenvalue weighted by molar-refractivity contribution is 5.99. The van der Waals surface area contributed by atoms with Crippen molar-refractivity contribution < 1.29 is 14.0 Å². The van der Waals surface area contributed by atoms with E-state index in [0.29, 0.717) is 30.1 Å². The number of rotatable bonds is 3. The number of hydrogen-bond acceptors (Lipinski definition) is 4. The molecule has 4 rings (SSSR count). The van der Waals surface area contributed by atoms with Gasteiger partial charge in [-0.1, -0.05) is 18.2 Å². The second-order valence-electron chi connectivity index (χ2n) is 6.56. The summed E-state index contributed by atoms with van der Waals surface area (Å²) in [6.07, 6.45) is 1.81. The molecule has 2 amide bonds. The number of amides is 2. The maximum absolute atomic E-state index is 12.8. The normalized spacial score (nSPS) is 17.4. The predicted octanol–water partition coefficient (Wildman–Crippen LogP) is 2.95. The lowest BCUT2D eigenvalue weighted by atomic mass is 9.97. The van der Waals surface area contributed by atoms with E-state index in [9.17, 15) is 9.59 Å². The van der Waals surface area contributed by atoms with Gasteiger partial charge in [0.25, 0.3) is 5.91 Å². The predicted molar refractivity (Wildman–Crippen MR) is 96.8 cm³/mol. The van der Waals surface area contributed by atoms with Crippen LogP contribution in [0.4, 0.5) is 0 Å². The van der Waals surface area contributed by atoms with Crippen LogP contribution in [0.2, 0.25) is 0 Å². The third-order valence-corrected chi connectivity index (χ3v) is 4.76. The zero-order chi connectivity index (χ0) is 18.1. The van der Waals surface area contributed by atoms with E-state index in [4.69, 9.17) is 10.2 Å². The Morgan fingerprint density at radius 1 is 1.12 bits per heavy atom. The number of primary amides is 1. The highest BCUT2D eigenvalue weighted by Gasteiger charge is 2.28. The number of benzene rings is 2. The molecular formula is C20H19N3O3. The fourth-order valence-electron chi connectivity index (χ4n) is 3.42. The molecule has 1 unspecified atom stereocenters. The summed E-state index contributed by atoms with van der Waals surface area (Å²) in [5.41, 5.74) is 7.72. The first-order valence-electron chi connectivity index (χ1n) is 8.66. The zero-order valence-electron chi connectivity index (χ0n) is 14.2. The van der Waals surface area contributed by atoms with E-state index < -0.39 is 5.91 Å². The third kappa shape index (κ3) is 3.06. The zero-order valence-corrected chi connectivity index (χ0v) is 14.2. The van der Waals surface area contributed by atoms with Crippen LogP contribution in [-0.4, -0.2) is 34.8 Å². The molecule has 132 valence electrons. The number of oxazole rings is 1. The Morgan fingerprint density at radius 3 is 2.73 bits per heavy atom. The maximum Gasteiger partial charge on any atom is 0.253 e. The van der Waals surface area contributed by atoms with Gasteiger partial charge in [0, 0.05) is 24.2 Å². The average molecular weight is 349 g/mol. The first-order valence-corrected chi connectivity index (χ1v) is 8.66. The minimum atomic E-state index is -0.539. The van der Waals surface area contributed by atoms with E-state index in [0.717, 1.165) is 23.9 Å². The minimum absolute atomic E-state index is 0.0689. The first-order chi connectivity index (χ1) is 12.6. The molecule has 1 fully saturated rings. The smallest absolute Gasteiger partial charge is 0.253 e. The molecule has 1 aliphatic heterocycles. The number of aromatic nitrogens is 1. The van der Waals surface area contributed by atoms with Gasteiger partial charge >= 0.3 is 0 Å². The van der Waals surface area contributed by atoms with E-state index >= 15 is 0 Å². The fourth-order valence-corrected chi connectivity index (χ4v) is 3.42. The van der Waals surface area contributed by atoms with Crippen LogP contribution in [0, 0.1) is 0 Å². The molecule has 1 aromatic heterocycles. The van der Waals surface area contributed by atoms with Crippen molar-refractivity contribution in [2.45, 2.75) is 18.8 Å². The number of hydrogen-bond donors (Lipinski definition) is 1. The summed E-state index contributed by atoms with van der Waals surface area (Å²) in [6.45, 7) is 1.23. The van der Waals surface area contributed by atoms with Gasteiger partial charge in [0.15, 0.2) is 11.5 Å². The molecular weight excluding hydrogens is 330 g/mol. The van der Waals surface area contributed by atoms with Crippen molar-refractivity contribution >= 4 is 22.9 Å². The van der Waals surface area contributed by atoms with Gasteiger partial charge in [-0.25, -0.2) is 4.98 Å². The maximum atomic E-state index is 12.8. The lowest BCUT2D eigenvalue weighted by molar-refractivity contribution is 0.0699. The van der Waals surface area contributed by atoms with Crippen molar-refractivity contribution in [1.29, 1.82) is 0 Å². The molecule has 1 atom stereocenters. The van der Waals surface area contributed by atoms with Gasteiger partial charge in [-0.3, -0.25) is 9.59 Å². The van der Waals surface area contributed by atoms with Crippen LogP contribution in [0.15, 0.2) is 52.9 Å². The van der Waals surface area contributed by atoms with Crippen molar-refractivity contribution in [2.75, 3.05) is 13.1 Å². The number of fused-ring (bicyclic) bond motifs is 1. The third-order valence-electron chi connectivity index (χ3n) is 4.76. The lowest BCUT2D eigenvalue weighted by Crippen LogP contribution is -2.39. The molecule has 1 aliphatic rings. The first kappa shape index (κ1) is 16.3. The van der Waals surface area contributed by atoms with Gasteiger partial charge in [0.2, 0.25) is 5.91 Å². The van der Waals surface area contributed by atoms with Crippen LogP contribution in [-0.2, 0) is 0 Å². The molecule has 6 nitrogen and oxygen atoms in total. The van der Waals surface area contributed by atoms with E-state index in [1.807, 2.05) is 24.3 Å². The molecule has 0 aliphatic carbocycles. The average Bonchev–Trinajstić information content (AvgIpc) is 3.12. The van der Waals surface area contributed by atoms with E-state index in [1.54, 1.807) is 29.2 Å². The van der Waals surface area contributed by atoms with E-state index in [1.165, 1.54) is 0 Å². The van der Waals surface area contributed by atoms with Crippen LogP contribution >= 0.6 is 0 Å². The molecule has 1 saturated heterocycles. The lowest BCUT2D eigenvalue weighted by Gasteiger charge is -2.31. The standard InChI is InChI=1S/C20H19N3O3/c21-18(24)13-5-3-6-14(11-13)20(25)23-10-4-7-15(12-23)19-22-16-8-1-2-9-17(16)26-19/h1-3,5-6,8-9,11,15H,4,7,10,12H2,(H2,21,24). The minimum Gasteiger partial charge on any atom is -0.440 e. The number of nitrogens with zero attached hydrogens (tertiary/aromatic N) is 2. The van der Waals surface area contributed by atoms with Gasteiger partial charge < -0.3 is 15.1 Å². The summed E-state index contributed by atoms with van der Waals surface area (Å²) in [7, 11) is 0.